The number of esters is 1. The molecule has 4 heteroatoms. The summed E-state index contributed by atoms with van der Waals surface area (Å²) >= 11 is 0. The maximum Gasteiger partial charge on any atom is 0.325 e. The summed E-state index contributed by atoms with van der Waals surface area (Å²) in [7, 11) is 1.44. The summed E-state index contributed by atoms with van der Waals surface area (Å²) in [6, 6.07) is 0. The Morgan fingerprint density at radius 1 is 1.50 bits per heavy atom. The maximum absolute atomic E-state index is 11.7. The fraction of sp³-hybridized carbons (Fsp3) is 0.900. The first-order valence-electron chi connectivity index (χ1n) is 5.06. The summed E-state index contributed by atoms with van der Waals surface area (Å²) in [6.07, 6.45) is 0.764. The average molecular weight is 201 g/mol. The molecule has 0 spiro atoms. The van der Waals surface area contributed by atoms with Crippen LogP contribution in [0.25, 0.3) is 0 Å². The molecule has 0 aromatic carbocycles. The van der Waals surface area contributed by atoms with E-state index >= 15 is 0 Å². The summed E-state index contributed by atoms with van der Waals surface area (Å²) in [5.74, 6) is -0.151. The highest BCUT2D eigenvalue weighted by molar-refractivity contribution is 5.80. The fourth-order valence-corrected chi connectivity index (χ4v) is 1.77. The largest absolute Gasteiger partial charge is 0.468 e. The van der Waals surface area contributed by atoms with Gasteiger partial charge in [-0.3, -0.25) is 9.69 Å². The van der Waals surface area contributed by atoms with Crippen LogP contribution in [0.15, 0.2) is 0 Å². The molecule has 0 unspecified atom stereocenters. The van der Waals surface area contributed by atoms with Crippen LogP contribution in [-0.4, -0.2) is 49.8 Å². The standard InChI is InChI=1S/C10H19NO3/c1-4-10(2,9(12)13-3)11-5-7-14-8-6-11/h4-8H2,1-3H3/t10-/m1/s1. The molecule has 0 N–H and O–H groups in total. The first kappa shape index (κ1) is 11.5. The van der Waals surface area contributed by atoms with Crippen molar-refractivity contribution in [3.05, 3.63) is 0 Å². The number of hydrogen-bond donors (Lipinski definition) is 0. The van der Waals surface area contributed by atoms with E-state index in [9.17, 15) is 4.79 Å². The number of carbonyl (C=O) groups excluding carboxylic acids is 1. The molecule has 0 aromatic heterocycles. The molecule has 1 fully saturated rings. The van der Waals surface area contributed by atoms with Gasteiger partial charge in [-0.2, -0.15) is 0 Å². The van der Waals surface area contributed by atoms with Gasteiger partial charge >= 0.3 is 5.97 Å². The third-order valence-corrected chi connectivity index (χ3v) is 3.02. The molecule has 1 aliphatic heterocycles. The van der Waals surface area contributed by atoms with E-state index in [2.05, 4.69) is 4.90 Å². The van der Waals surface area contributed by atoms with Gasteiger partial charge in [0.15, 0.2) is 0 Å². The van der Waals surface area contributed by atoms with Gasteiger partial charge in [0.2, 0.25) is 0 Å². The fourth-order valence-electron chi connectivity index (χ4n) is 1.77. The quantitative estimate of drug-likeness (QED) is 0.629. The van der Waals surface area contributed by atoms with Gasteiger partial charge in [0, 0.05) is 13.1 Å². The van der Waals surface area contributed by atoms with Crippen molar-refractivity contribution in [2.45, 2.75) is 25.8 Å². The van der Waals surface area contributed by atoms with Gasteiger partial charge in [-0.15, -0.1) is 0 Å². The third-order valence-electron chi connectivity index (χ3n) is 3.02. The predicted octanol–water partition coefficient (Wildman–Crippen LogP) is 0.660. The van der Waals surface area contributed by atoms with Crippen LogP contribution >= 0.6 is 0 Å². The van der Waals surface area contributed by atoms with E-state index in [0.717, 1.165) is 19.5 Å². The smallest absolute Gasteiger partial charge is 0.325 e. The van der Waals surface area contributed by atoms with E-state index in [0.29, 0.717) is 13.2 Å². The molecule has 0 saturated carbocycles. The highest BCUT2D eigenvalue weighted by atomic mass is 16.5. The minimum atomic E-state index is -0.488. The van der Waals surface area contributed by atoms with E-state index in [1.54, 1.807) is 0 Å². The SMILES string of the molecule is CC[C@](C)(C(=O)OC)N1CCOCC1. The lowest BCUT2D eigenvalue weighted by Gasteiger charge is -2.40. The van der Waals surface area contributed by atoms with Crippen molar-refractivity contribution >= 4 is 5.97 Å². The van der Waals surface area contributed by atoms with Crippen LogP contribution in [0.1, 0.15) is 20.3 Å². The van der Waals surface area contributed by atoms with Gasteiger partial charge in [0.25, 0.3) is 0 Å². The van der Waals surface area contributed by atoms with Gasteiger partial charge in [-0.25, -0.2) is 0 Å². The lowest BCUT2D eigenvalue weighted by molar-refractivity contribution is -0.157. The summed E-state index contributed by atoms with van der Waals surface area (Å²) < 4.78 is 10.1. The third kappa shape index (κ3) is 2.07. The van der Waals surface area contributed by atoms with Gasteiger partial charge in [-0.05, 0) is 13.3 Å². The van der Waals surface area contributed by atoms with Crippen molar-refractivity contribution in [1.82, 2.24) is 4.90 Å². The molecule has 0 radical (unpaired) electrons. The lowest BCUT2D eigenvalue weighted by Crippen LogP contribution is -2.56. The molecule has 1 rings (SSSR count). The van der Waals surface area contributed by atoms with E-state index in [-0.39, 0.29) is 5.97 Å². The van der Waals surface area contributed by atoms with Gasteiger partial charge in [0.1, 0.15) is 5.54 Å². The molecule has 14 heavy (non-hydrogen) atoms. The zero-order valence-corrected chi connectivity index (χ0v) is 9.21. The van der Waals surface area contributed by atoms with Crippen molar-refractivity contribution in [2.24, 2.45) is 0 Å². The van der Waals surface area contributed by atoms with Crippen LogP contribution < -0.4 is 0 Å². The van der Waals surface area contributed by atoms with Crippen LogP contribution in [0.4, 0.5) is 0 Å². The second-order valence-corrected chi connectivity index (χ2v) is 3.72. The van der Waals surface area contributed by atoms with Gasteiger partial charge in [0.05, 0.1) is 20.3 Å². The second-order valence-electron chi connectivity index (χ2n) is 3.72. The van der Waals surface area contributed by atoms with Crippen molar-refractivity contribution in [3.63, 3.8) is 0 Å². The Balaban J connectivity index is 2.71. The Kier molecular flexibility index (Phi) is 3.89. The van der Waals surface area contributed by atoms with E-state index < -0.39 is 5.54 Å². The van der Waals surface area contributed by atoms with Crippen LogP contribution in [0.3, 0.4) is 0 Å². The highest BCUT2D eigenvalue weighted by Crippen LogP contribution is 2.22. The van der Waals surface area contributed by atoms with Crippen LogP contribution in [-0.2, 0) is 14.3 Å². The molecular formula is C10H19NO3. The average Bonchev–Trinajstić information content (AvgIpc) is 2.28. The predicted molar refractivity (Wildman–Crippen MR) is 53.1 cm³/mol. The molecule has 0 aromatic rings. The van der Waals surface area contributed by atoms with E-state index in [4.69, 9.17) is 9.47 Å². The van der Waals surface area contributed by atoms with Crippen LogP contribution in [0.5, 0.6) is 0 Å². The summed E-state index contributed by atoms with van der Waals surface area (Å²) in [5.41, 5.74) is -0.488. The normalized spacial score (nSPS) is 22.8. The first-order valence-corrected chi connectivity index (χ1v) is 5.06. The van der Waals surface area contributed by atoms with Crippen LogP contribution in [0, 0.1) is 0 Å². The minimum Gasteiger partial charge on any atom is -0.468 e. The number of morpholine rings is 1. The number of carbonyl (C=O) groups is 1. The summed E-state index contributed by atoms with van der Waals surface area (Å²) in [4.78, 5) is 13.8. The molecule has 82 valence electrons. The van der Waals surface area contributed by atoms with E-state index in [1.807, 2.05) is 13.8 Å². The highest BCUT2D eigenvalue weighted by Gasteiger charge is 2.39. The lowest BCUT2D eigenvalue weighted by atomic mass is 9.96. The van der Waals surface area contributed by atoms with E-state index in [1.165, 1.54) is 7.11 Å². The summed E-state index contributed by atoms with van der Waals surface area (Å²) in [5, 5.41) is 0. The molecule has 1 saturated heterocycles. The van der Waals surface area contributed by atoms with Crippen molar-refractivity contribution < 1.29 is 14.3 Å². The number of rotatable bonds is 3. The Morgan fingerprint density at radius 2 is 2.07 bits per heavy atom. The van der Waals surface area contributed by atoms with Crippen LogP contribution in [0.2, 0.25) is 0 Å². The zero-order chi connectivity index (χ0) is 10.6. The maximum atomic E-state index is 11.7. The van der Waals surface area contributed by atoms with Crippen molar-refractivity contribution in [1.29, 1.82) is 0 Å². The van der Waals surface area contributed by atoms with Crippen molar-refractivity contribution in [2.75, 3.05) is 33.4 Å². The Morgan fingerprint density at radius 3 is 2.50 bits per heavy atom. The Bertz CT molecular complexity index is 202. The Labute approximate surface area is 85.2 Å². The molecule has 0 bridgehead atoms. The summed E-state index contributed by atoms with van der Waals surface area (Å²) in [6.45, 7) is 6.95. The first-order chi connectivity index (χ1) is 6.65. The molecule has 4 nitrogen and oxygen atoms in total. The molecule has 0 aliphatic carbocycles. The molecule has 1 aliphatic rings. The Hall–Kier alpha value is -0.610. The zero-order valence-electron chi connectivity index (χ0n) is 9.21. The molecule has 0 amide bonds. The topological polar surface area (TPSA) is 38.8 Å². The number of methoxy groups -OCH3 is 1. The number of hydrogen-bond acceptors (Lipinski definition) is 4. The molecule has 1 heterocycles. The number of nitrogens with zero attached hydrogens (tertiary/aromatic N) is 1. The monoisotopic (exact) mass is 201 g/mol. The van der Waals surface area contributed by atoms with Gasteiger partial charge < -0.3 is 9.47 Å². The second kappa shape index (κ2) is 4.75. The molecule has 1 atom stereocenters. The van der Waals surface area contributed by atoms with Gasteiger partial charge in [-0.1, -0.05) is 6.92 Å². The molecular weight excluding hydrogens is 182 g/mol. The van der Waals surface area contributed by atoms with Crippen molar-refractivity contribution in [3.8, 4) is 0 Å². The minimum absolute atomic E-state index is 0.151. The number of ether oxygens (including phenoxy) is 2.